The van der Waals surface area contributed by atoms with Gasteiger partial charge in [0.1, 0.15) is 4.32 Å². The highest BCUT2D eigenvalue weighted by atomic mass is 32.2. The van der Waals surface area contributed by atoms with E-state index in [0.717, 1.165) is 35.1 Å². The monoisotopic (exact) mass is 438 g/mol. The average molecular weight is 438 g/mol. The number of phosphoric acid groups is 1. The smallest absolute Gasteiger partial charge is 0.348 e. The summed E-state index contributed by atoms with van der Waals surface area (Å²) in [4.78, 5) is 33.9. The van der Waals surface area contributed by atoms with Crippen molar-refractivity contribution in [1.82, 2.24) is 4.90 Å². The summed E-state index contributed by atoms with van der Waals surface area (Å²) in [5, 5.41) is 0. The summed E-state index contributed by atoms with van der Waals surface area (Å²) < 4.78 is 15.5. The minimum absolute atomic E-state index is 0.0160. The highest BCUT2D eigenvalue weighted by Gasteiger charge is 2.32. The Morgan fingerprint density at radius 2 is 2.04 bits per heavy atom. The molecule has 0 unspecified atom stereocenters. The number of carbonyl (C=O) groups is 1. The van der Waals surface area contributed by atoms with Gasteiger partial charge in [-0.3, -0.25) is 14.2 Å². The van der Waals surface area contributed by atoms with Gasteiger partial charge in [0.25, 0.3) is 5.91 Å². The first kappa shape index (κ1) is 21.0. The second kappa shape index (κ2) is 8.73. The molecule has 7 nitrogen and oxygen atoms in total. The summed E-state index contributed by atoms with van der Waals surface area (Å²) in [5.41, 5.74) is 3.17. The molecule has 1 saturated heterocycles. The highest BCUT2D eigenvalue weighted by Crippen LogP contribution is 2.37. The number of phosphoric ester groups is 1. The second-order valence-corrected chi connectivity index (χ2v) is 8.84. The van der Waals surface area contributed by atoms with Crippen LogP contribution in [0, 0.1) is 0 Å². The molecule has 1 aromatic rings. The molecule has 1 aromatic carbocycles. The Balaban J connectivity index is 1.76. The molecule has 1 fully saturated rings. The molecule has 2 aliphatic rings. The molecule has 0 aliphatic carbocycles. The minimum atomic E-state index is -4.57. The first-order valence-electron chi connectivity index (χ1n) is 8.50. The Labute approximate surface area is 172 Å². The molecule has 0 radical (unpaired) electrons. The maximum absolute atomic E-state index is 12.5. The van der Waals surface area contributed by atoms with Crippen LogP contribution in [0.25, 0.3) is 5.57 Å². The summed E-state index contributed by atoms with van der Waals surface area (Å²) in [6.07, 6.45) is 7.60. The number of allylic oxidation sites excluding steroid dienone is 4. The minimum Gasteiger partial charge on any atom is -0.348 e. The van der Waals surface area contributed by atoms with Crippen molar-refractivity contribution in [3.63, 3.8) is 0 Å². The predicted octanol–water partition coefficient (Wildman–Crippen LogP) is 3.28. The Morgan fingerprint density at radius 1 is 1.29 bits per heavy atom. The van der Waals surface area contributed by atoms with Gasteiger partial charge in [-0.1, -0.05) is 48.3 Å². The van der Waals surface area contributed by atoms with Gasteiger partial charge in [-0.25, -0.2) is 4.57 Å². The summed E-state index contributed by atoms with van der Waals surface area (Å²) >= 11 is 6.36. The van der Waals surface area contributed by atoms with E-state index in [1.807, 2.05) is 36.6 Å². The van der Waals surface area contributed by atoms with Gasteiger partial charge in [-0.05, 0) is 30.7 Å². The normalized spacial score (nSPS) is 19.8. The Kier molecular flexibility index (Phi) is 6.54. The summed E-state index contributed by atoms with van der Waals surface area (Å²) in [5.74, 6) is -0.301. The lowest BCUT2D eigenvalue weighted by Crippen LogP contribution is -2.31. The van der Waals surface area contributed by atoms with Gasteiger partial charge >= 0.3 is 7.82 Å². The first-order valence-corrected chi connectivity index (χ1v) is 11.3. The molecular weight excluding hydrogens is 419 g/mol. The van der Waals surface area contributed by atoms with Crippen LogP contribution >= 0.6 is 31.8 Å². The lowest BCUT2D eigenvalue weighted by Gasteiger charge is -2.26. The van der Waals surface area contributed by atoms with Crippen LogP contribution in [0.2, 0.25) is 0 Å². The highest BCUT2D eigenvalue weighted by molar-refractivity contribution is 8.26. The number of anilines is 1. The largest absolute Gasteiger partial charge is 0.469 e. The van der Waals surface area contributed by atoms with Gasteiger partial charge in [0, 0.05) is 24.0 Å². The van der Waals surface area contributed by atoms with Crippen molar-refractivity contribution < 1.29 is 23.7 Å². The van der Waals surface area contributed by atoms with E-state index in [1.165, 1.54) is 4.90 Å². The number of benzene rings is 1. The molecular formula is C18H19N2O5PS2. The number of thioether (sulfide) groups is 1. The molecule has 3 rings (SSSR count). The van der Waals surface area contributed by atoms with Crippen molar-refractivity contribution in [2.24, 2.45) is 0 Å². The Morgan fingerprint density at radius 3 is 2.75 bits per heavy atom. The number of rotatable bonds is 6. The third-order valence-electron chi connectivity index (χ3n) is 4.16. The fourth-order valence-corrected chi connectivity index (χ4v) is 4.42. The molecule has 0 aromatic heterocycles. The van der Waals surface area contributed by atoms with Crippen LogP contribution < -0.4 is 4.90 Å². The van der Waals surface area contributed by atoms with Crippen LogP contribution in [0.5, 0.6) is 0 Å². The molecule has 2 heterocycles. The fraction of sp³-hybridized carbons (Fsp3) is 0.222. The Bertz CT molecular complexity index is 938. The number of nitrogens with zero attached hydrogens (tertiary/aromatic N) is 2. The van der Waals surface area contributed by atoms with Gasteiger partial charge in [-0.15, -0.1) is 0 Å². The van der Waals surface area contributed by atoms with E-state index in [1.54, 1.807) is 6.08 Å². The van der Waals surface area contributed by atoms with Crippen molar-refractivity contribution in [3.8, 4) is 0 Å². The summed E-state index contributed by atoms with van der Waals surface area (Å²) in [6.45, 7) is 2.62. The predicted molar refractivity (Wildman–Crippen MR) is 115 cm³/mol. The molecule has 2 aliphatic heterocycles. The third-order valence-corrected chi connectivity index (χ3v) is 6.08. The molecule has 0 saturated carbocycles. The molecule has 28 heavy (non-hydrogen) atoms. The maximum Gasteiger partial charge on any atom is 0.469 e. The van der Waals surface area contributed by atoms with Crippen molar-refractivity contribution in [3.05, 3.63) is 59.2 Å². The number of carbonyl (C=O) groups excluding carboxylic acids is 1. The summed E-state index contributed by atoms with van der Waals surface area (Å²) in [6, 6.07) is 8.05. The van der Waals surface area contributed by atoms with Crippen LogP contribution in [-0.4, -0.2) is 44.6 Å². The topological polar surface area (TPSA) is 90.3 Å². The zero-order valence-corrected chi connectivity index (χ0v) is 17.5. The number of hydrogen-bond acceptors (Lipinski definition) is 6. The molecule has 0 bridgehead atoms. The van der Waals surface area contributed by atoms with Gasteiger partial charge in [-0.2, -0.15) is 0 Å². The van der Waals surface area contributed by atoms with Gasteiger partial charge < -0.3 is 14.7 Å². The van der Waals surface area contributed by atoms with E-state index in [-0.39, 0.29) is 19.1 Å². The first-order chi connectivity index (χ1) is 13.3. The standard InChI is InChI=1S/C18H19N2O5PS2/c1-2-19-10-9-13(14-5-3-4-6-15(14)19)7-8-16-17(21)20(18(27)28-16)11-12-25-26(22,23)24/h3-10H,2,11-12H2,1H3,(H2,22,23,24)/b13-7+,16-8+. The molecule has 1 amide bonds. The average Bonchev–Trinajstić information content (AvgIpc) is 2.92. The van der Waals surface area contributed by atoms with Gasteiger partial charge in [0.05, 0.1) is 18.1 Å². The number of amides is 1. The van der Waals surface area contributed by atoms with Crippen molar-refractivity contribution in [2.75, 3.05) is 24.6 Å². The molecule has 0 spiro atoms. The van der Waals surface area contributed by atoms with E-state index in [4.69, 9.17) is 22.0 Å². The zero-order chi connectivity index (χ0) is 20.3. The number of fused-ring (bicyclic) bond motifs is 1. The van der Waals surface area contributed by atoms with E-state index in [9.17, 15) is 9.36 Å². The molecule has 2 N–H and O–H groups in total. The van der Waals surface area contributed by atoms with Crippen LogP contribution in [0.15, 0.2) is 53.6 Å². The van der Waals surface area contributed by atoms with Gasteiger partial charge in [0.15, 0.2) is 0 Å². The SMILES string of the molecule is CCN1C=C/C(=C\C=C2\SC(=S)N(CCOP(=O)(O)O)C2=O)c2ccccc21. The lowest BCUT2D eigenvalue weighted by atomic mass is 9.99. The quantitative estimate of drug-likeness (QED) is 0.397. The van der Waals surface area contributed by atoms with E-state index in [2.05, 4.69) is 22.4 Å². The molecule has 148 valence electrons. The number of hydrogen-bond donors (Lipinski definition) is 2. The van der Waals surface area contributed by atoms with Crippen LogP contribution in [0.4, 0.5) is 5.69 Å². The van der Waals surface area contributed by atoms with E-state index >= 15 is 0 Å². The number of thiocarbonyl (C=S) groups is 1. The second-order valence-electron chi connectivity index (χ2n) is 5.92. The van der Waals surface area contributed by atoms with E-state index < -0.39 is 7.82 Å². The fourth-order valence-electron chi connectivity index (χ4n) is 2.85. The maximum atomic E-state index is 12.5. The molecule has 10 heteroatoms. The molecule has 0 atom stereocenters. The Hall–Kier alpha value is -1.74. The van der Waals surface area contributed by atoms with Gasteiger partial charge in [0.2, 0.25) is 0 Å². The number of para-hydroxylation sites is 1. The summed E-state index contributed by atoms with van der Waals surface area (Å²) in [7, 11) is -4.57. The van der Waals surface area contributed by atoms with Crippen LogP contribution in [0.3, 0.4) is 0 Å². The van der Waals surface area contributed by atoms with E-state index in [0.29, 0.717) is 9.23 Å². The van der Waals surface area contributed by atoms with Crippen LogP contribution in [0.1, 0.15) is 12.5 Å². The third kappa shape index (κ3) is 4.81. The lowest BCUT2D eigenvalue weighted by molar-refractivity contribution is -0.122. The van der Waals surface area contributed by atoms with Crippen LogP contribution in [-0.2, 0) is 13.9 Å². The van der Waals surface area contributed by atoms with Crippen molar-refractivity contribution in [2.45, 2.75) is 6.92 Å². The van der Waals surface area contributed by atoms with Crippen molar-refractivity contribution >= 4 is 53.3 Å². The zero-order valence-electron chi connectivity index (χ0n) is 15.0. The van der Waals surface area contributed by atoms with Crippen molar-refractivity contribution in [1.29, 1.82) is 0 Å².